The van der Waals surface area contributed by atoms with Crippen LogP contribution in [-0.2, 0) is 0 Å². The van der Waals surface area contributed by atoms with E-state index in [2.05, 4.69) is 0 Å². The zero-order chi connectivity index (χ0) is 13.0. The van der Waals surface area contributed by atoms with E-state index in [0.717, 1.165) is 20.5 Å². The van der Waals surface area contributed by atoms with Crippen molar-refractivity contribution in [3.8, 4) is 5.75 Å². The molecule has 1 aromatic heterocycles. The van der Waals surface area contributed by atoms with Crippen LogP contribution in [-0.4, -0.2) is 18.3 Å². The van der Waals surface area contributed by atoms with Crippen LogP contribution in [0, 0.1) is 6.92 Å². The fourth-order valence-corrected chi connectivity index (χ4v) is 2.81. The lowest BCUT2D eigenvalue weighted by atomic mass is 10.1. The molecule has 0 aliphatic rings. The second-order valence-corrected chi connectivity index (χ2v) is 5.90. The zero-order valence-corrected chi connectivity index (χ0v) is 11.7. The van der Waals surface area contributed by atoms with Gasteiger partial charge in [-0.1, -0.05) is 23.7 Å². The summed E-state index contributed by atoms with van der Waals surface area (Å²) in [5.41, 5.74) is 1.16. The SMILES string of the molecule is Cc1cccc(OCC(CO)c2ccc(Cl)s2)c1. The number of hydrogen-bond acceptors (Lipinski definition) is 3. The van der Waals surface area contributed by atoms with E-state index in [1.54, 1.807) is 0 Å². The van der Waals surface area contributed by atoms with Gasteiger partial charge in [-0.3, -0.25) is 0 Å². The predicted octanol–water partition coefficient (Wildman–Crippen LogP) is 3.86. The number of ether oxygens (including phenoxy) is 1. The number of rotatable bonds is 5. The van der Waals surface area contributed by atoms with Gasteiger partial charge in [0, 0.05) is 4.88 Å². The van der Waals surface area contributed by atoms with Crippen molar-refractivity contribution in [2.24, 2.45) is 0 Å². The summed E-state index contributed by atoms with van der Waals surface area (Å²) < 4.78 is 6.44. The van der Waals surface area contributed by atoms with E-state index < -0.39 is 0 Å². The summed E-state index contributed by atoms with van der Waals surface area (Å²) in [5, 5.41) is 9.40. The Hall–Kier alpha value is -1.03. The van der Waals surface area contributed by atoms with Crippen molar-refractivity contribution in [3.63, 3.8) is 0 Å². The van der Waals surface area contributed by atoms with Gasteiger partial charge in [-0.15, -0.1) is 11.3 Å². The van der Waals surface area contributed by atoms with Crippen molar-refractivity contribution in [1.29, 1.82) is 0 Å². The van der Waals surface area contributed by atoms with Gasteiger partial charge in [0.05, 0.1) is 23.5 Å². The maximum atomic E-state index is 9.40. The van der Waals surface area contributed by atoms with Crippen molar-refractivity contribution < 1.29 is 9.84 Å². The Morgan fingerprint density at radius 2 is 2.17 bits per heavy atom. The van der Waals surface area contributed by atoms with Crippen molar-refractivity contribution >= 4 is 22.9 Å². The summed E-state index contributed by atoms with van der Waals surface area (Å²) >= 11 is 7.38. The molecule has 0 bridgehead atoms. The molecule has 1 N–H and O–H groups in total. The molecule has 0 saturated carbocycles. The molecule has 1 aromatic carbocycles. The molecule has 1 unspecified atom stereocenters. The number of benzene rings is 1. The average Bonchev–Trinajstić information content (AvgIpc) is 2.77. The summed E-state index contributed by atoms with van der Waals surface area (Å²) in [4.78, 5) is 1.05. The maximum Gasteiger partial charge on any atom is 0.119 e. The van der Waals surface area contributed by atoms with Gasteiger partial charge in [-0.25, -0.2) is 0 Å². The first-order valence-electron chi connectivity index (χ1n) is 5.74. The average molecular weight is 283 g/mol. The Bertz CT molecular complexity index is 510. The van der Waals surface area contributed by atoms with Crippen LogP contribution in [0.4, 0.5) is 0 Å². The standard InChI is InChI=1S/C14H15ClO2S/c1-10-3-2-4-12(7-10)17-9-11(8-16)13-5-6-14(15)18-13/h2-7,11,16H,8-9H2,1H3. The fraction of sp³-hybridized carbons (Fsp3) is 0.286. The fourth-order valence-electron chi connectivity index (χ4n) is 1.67. The van der Waals surface area contributed by atoms with Crippen molar-refractivity contribution in [2.75, 3.05) is 13.2 Å². The molecule has 0 fully saturated rings. The number of aryl methyl sites for hydroxylation is 1. The molecular formula is C14H15ClO2S. The predicted molar refractivity (Wildman–Crippen MR) is 75.8 cm³/mol. The molecule has 0 aliphatic heterocycles. The molecule has 4 heteroatoms. The van der Waals surface area contributed by atoms with E-state index in [1.807, 2.05) is 43.3 Å². The third-order valence-corrected chi connectivity index (χ3v) is 4.05. The van der Waals surface area contributed by atoms with Gasteiger partial charge in [0.2, 0.25) is 0 Å². The Balaban J connectivity index is 1.99. The highest BCUT2D eigenvalue weighted by Crippen LogP contribution is 2.28. The minimum absolute atomic E-state index is 0.0250. The highest BCUT2D eigenvalue weighted by atomic mass is 35.5. The lowest BCUT2D eigenvalue weighted by Gasteiger charge is -2.14. The van der Waals surface area contributed by atoms with Crippen LogP contribution in [0.5, 0.6) is 5.75 Å². The molecule has 0 spiro atoms. The molecule has 0 radical (unpaired) electrons. The molecule has 1 atom stereocenters. The number of aliphatic hydroxyl groups is 1. The summed E-state index contributed by atoms with van der Waals surface area (Å²) in [6.45, 7) is 2.54. The van der Waals surface area contributed by atoms with Gasteiger partial charge >= 0.3 is 0 Å². The number of hydrogen-bond donors (Lipinski definition) is 1. The molecule has 0 aliphatic carbocycles. The van der Waals surface area contributed by atoms with Crippen LogP contribution >= 0.6 is 22.9 Å². The third-order valence-electron chi connectivity index (χ3n) is 2.66. The van der Waals surface area contributed by atoms with Gasteiger partial charge in [-0.2, -0.15) is 0 Å². The zero-order valence-electron chi connectivity index (χ0n) is 10.1. The maximum absolute atomic E-state index is 9.40. The van der Waals surface area contributed by atoms with Crippen LogP contribution in [0.1, 0.15) is 16.4 Å². The second-order valence-electron chi connectivity index (χ2n) is 4.15. The lowest BCUT2D eigenvalue weighted by molar-refractivity contribution is 0.207. The highest BCUT2D eigenvalue weighted by molar-refractivity contribution is 7.16. The van der Waals surface area contributed by atoms with Crippen LogP contribution in [0.2, 0.25) is 4.34 Å². The number of halogens is 1. The number of thiophene rings is 1. The first-order valence-corrected chi connectivity index (χ1v) is 6.94. The molecule has 1 heterocycles. The third kappa shape index (κ3) is 3.48. The molecule has 0 saturated heterocycles. The van der Waals surface area contributed by atoms with E-state index in [1.165, 1.54) is 11.3 Å². The molecule has 2 nitrogen and oxygen atoms in total. The lowest BCUT2D eigenvalue weighted by Crippen LogP contribution is -2.13. The van der Waals surface area contributed by atoms with Crippen LogP contribution in [0.3, 0.4) is 0 Å². The smallest absolute Gasteiger partial charge is 0.119 e. The Kier molecular flexibility index (Phi) is 4.64. The Morgan fingerprint density at radius 1 is 1.33 bits per heavy atom. The molecule has 2 aromatic rings. The number of aliphatic hydroxyl groups excluding tert-OH is 1. The van der Waals surface area contributed by atoms with E-state index in [9.17, 15) is 5.11 Å². The van der Waals surface area contributed by atoms with Crippen LogP contribution < -0.4 is 4.74 Å². The summed E-state index contributed by atoms with van der Waals surface area (Å²) in [5.74, 6) is 0.805. The normalized spacial score (nSPS) is 12.4. The monoisotopic (exact) mass is 282 g/mol. The quantitative estimate of drug-likeness (QED) is 0.902. The second kappa shape index (κ2) is 6.23. The van der Waals surface area contributed by atoms with Gasteiger partial charge in [-0.05, 0) is 36.8 Å². The van der Waals surface area contributed by atoms with Gasteiger partial charge in [0.15, 0.2) is 0 Å². The van der Waals surface area contributed by atoms with Crippen molar-refractivity contribution in [1.82, 2.24) is 0 Å². The molecular weight excluding hydrogens is 268 g/mol. The summed E-state index contributed by atoms with van der Waals surface area (Å²) in [6, 6.07) is 11.7. The summed E-state index contributed by atoms with van der Waals surface area (Å²) in [6.07, 6.45) is 0. The van der Waals surface area contributed by atoms with Crippen molar-refractivity contribution in [2.45, 2.75) is 12.8 Å². The Labute approximate surface area is 116 Å². The van der Waals surface area contributed by atoms with Gasteiger partial charge < -0.3 is 9.84 Å². The van der Waals surface area contributed by atoms with E-state index >= 15 is 0 Å². The van der Waals surface area contributed by atoms with E-state index in [0.29, 0.717) is 6.61 Å². The molecule has 18 heavy (non-hydrogen) atoms. The summed E-state index contributed by atoms with van der Waals surface area (Å²) in [7, 11) is 0. The highest BCUT2D eigenvalue weighted by Gasteiger charge is 2.13. The molecule has 96 valence electrons. The van der Waals surface area contributed by atoms with Gasteiger partial charge in [0.1, 0.15) is 5.75 Å². The van der Waals surface area contributed by atoms with E-state index in [-0.39, 0.29) is 12.5 Å². The van der Waals surface area contributed by atoms with Gasteiger partial charge in [0.25, 0.3) is 0 Å². The van der Waals surface area contributed by atoms with Crippen LogP contribution in [0.25, 0.3) is 0 Å². The first kappa shape index (κ1) is 13.4. The minimum Gasteiger partial charge on any atom is -0.493 e. The first-order chi connectivity index (χ1) is 8.69. The Morgan fingerprint density at radius 3 is 2.78 bits per heavy atom. The van der Waals surface area contributed by atoms with E-state index in [4.69, 9.17) is 16.3 Å². The largest absolute Gasteiger partial charge is 0.493 e. The topological polar surface area (TPSA) is 29.5 Å². The molecule has 2 rings (SSSR count). The minimum atomic E-state index is -0.0250. The van der Waals surface area contributed by atoms with Crippen LogP contribution in [0.15, 0.2) is 36.4 Å². The molecule has 0 amide bonds. The van der Waals surface area contributed by atoms with Crippen molar-refractivity contribution in [3.05, 3.63) is 51.2 Å².